The van der Waals surface area contributed by atoms with Crippen LogP contribution in [-0.2, 0) is 14.8 Å². The van der Waals surface area contributed by atoms with E-state index < -0.39 is 22.5 Å². The number of nitrogens with one attached hydrogen (secondary N) is 1. The Hall–Kier alpha value is -3.65. The summed E-state index contributed by atoms with van der Waals surface area (Å²) in [5, 5.41) is 5.55. The molecule has 0 spiro atoms. The summed E-state index contributed by atoms with van der Waals surface area (Å²) >= 11 is 0. The first kappa shape index (κ1) is 22.0. The minimum atomic E-state index is -3.70. The third-order valence-corrected chi connectivity index (χ3v) is 5.48. The zero-order valence-corrected chi connectivity index (χ0v) is 17.9. The lowest BCUT2D eigenvalue weighted by molar-refractivity contribution is -0.119. The molecule has 160 valence electrons. The van der Waals surface area contributed by atoms with Crippen molar-refractivity contribution in [3.63, 3.8) is 0 Å². The SMILES string of the molecule is C=CCOc1cccc(/C=N\NC(=O)CN(c2cccc3ccccc23)S(C)(=O)=O)c1. The number of benzene rings is 3. The van der Waals surface area contributed by atoms with Gasteiger partial charge in [0.15, 0.2) is 0 Å². The van der Waals surface area contributed by atoms with Gasteiger partial charge in [-0.3, -0.25) is 9.10 Å². The van der Waals surface area contributed by atoms with Crippen LogP contribution in [0.25, 0.3) is 10.8 Å². The number of rotatable bonds is 9. The normalized spacial score (nSPS) is 11.4. The molecule has 7 nitrogen and oxygen atoms in total. The number of hydrogen-bond acceptors (Lipinski definition) is 5. The van der Waals surface area contributed by atoms with E-state index in [0.717, 1.165) is 26.9 Å². The Morgan fingerprint density at radius 3 is 2.65 bits per heavy atom. The fourth-order valence-corrected chi connectivity index (χ4v) is 3.86. The van der Waals surface area contributed by atoms with Crippen molar-refractivity contribution < 1.29 is 17.9 Å². The molecule has 8 heteroatoms. The Kier molecular flexibility index (Phi) is 7.04. The third-order valence-electron chi connectivity index (χ3n) is 4.35. The van der Waals surface area contributed by atoms with E-state index in [0.29, 0.717) is 18.0 Å². The van der Waals surface area contributed by atoms with E-state index in [1.165, 1.54) is 6.21 Å². The van der Waals surface area contributed by atoms with Gasteiger partial charge in [0.2, 0.25) is 10.0 Å². The summed E-state index contributed by atoms with van der Waals surface area (Å²) in [7, 11) is -3.70. The number of fused-ring (bicyclic) bond motifs is 1. The van der Waals surface area contributed by atoms with Gasteiger partial charge in [0.1, 0.15) is 18.9 Å². The number of carbonyl (C=O) groups excluding carboxylic acids is 1. The van der Waals surface area contributed by atoms with Gasteiger partial charge in [-0.05, 0) is 29.1 Å². The minimum absolute atomic E-state index is 0.382. The van der Waals surface area contributed by atoms with Crippen molar-refractivity contribution in [3.8, 4) is 5.75 Å². The molecule has 0 saturated carbocycles. The maximum Gasteiger partial charge on any atom is 0.260 e. The van der Waals surface area contributed by atoms with E-state index in [-0.39, 0.29) is 0 Å². The molecule has 0 aliphatic rings. The van der Waals surface area contributed by atoms with E-state index in [1.54, 1.807) is 42.5 Å². The average Bonchev–Trinajstić information content (AvgIpc) is 2.75. The number of hydrazone groups is 1. The summed E-state index contributed by atoms with van der Waals surface area (Å²) in [5.74, 6) is 0.0862. The van der Waals surface area contributed by atoms with Gasteiger partial charge in [-0.25, -0.2) is 13.8 Å². The molecule has 0 aliphatic carbocycles. The summed E-state index contributed by atoms with van der Waals surface area (Å²) < 4.78 is 31.4. The Morgan fingerprint density at radius 1 is 1.13 bits per heavy atom. The number of nitrogens with zero attached hydrogens (tertiary/aromatic N) is 2. The predicted molar refractivity (Wildman–Crippen MR) is 124 cm³/mol. The summed E-state index contributed by atoms with van der Waals surface area (Å²) in [6, 6.07) is 19.9. The summed E-state index contributed by atoms with van der Waals surface area (Å²) in [6.07, 6.45) is 4.17. The first-order valence-corrected chi connectivity index (χ1v) is 11.3. The number of hydrogen-bond donors (Lipinski definition) is 1. The quantitative estimate of drug-likeness (QED) is 0.316. The molecule has 3 aromatic carbocycles. The van der Waals surface area contributed by atoms with Crippen LogP contribution >= 0.6 is 0 Å². The van der Waals surface area contributed by atoms with E-state index in [2.05, 4.69) is 17.1 Å². The standard InChI is InChI=1S/C23H23N3O4S/c1-3-14-30-20-11-6-8-18(15-20)16-24-25-23(27)17-26(31(2,28)29)22-13-7-10-19-9-4-5-12-21(19)22/h3-13,15-16H,1,14,17H2,2H3,(H,25,27)/b24-16-. The second-order valence-electron chi connectivity index (χ2n) is 6.73. The maximum absolute atomic E-state index is 12.4. The first-order valence-electron chi connectivity index (χ1n) is 9.49. The molecule has 0 fully saturated rings. The lowest BCUT2D eigenvalue weighted by atomic mass is 10.1. The van der Waals surface area contributed by atoms with Gasteiger partial charge in [0, 0.05) is 5.39 Å². The zero-order valence-electron chi connectivity index (χ0n) is 17.1. The molecule has 0 saturated heterocycles. The highest BCUT2D eigenvalue weighted by molar-refractivity contribution is 7.92. The molecule has 0 aromatic heterocycles. The number of sulfonamides is 1. The highest BCUT2D eigenvalue weighted by Crippen LogP contribution is 2.28. The number of ether oxygens (including phenoxy) is 1. The zero-order chi connectivity index (χ0) is 22.3. The molecular formula is C23H23N3O4S. The number of carbonyl (C=O) groups is 1. The molecule has 0 aliphatic heterocycles. The topological polar surface area (TPSA) is 88.1 Å². The summed E-state index contributed by atoms with van der Waals surface area (Å²) in [4.78, 5) is 12.4. The molecule has 0 atom stereocenters. The van der Waals surface area contributed by atoms with Crippen molar-refractivity contribution in [2.45, 2.75) is 0 Å². The van der Waals surface area contributed by atoms with Crippen molar-refractivity contribution in [2.24, 2.45) is 5.10 Å². The lowest BCUT2D eigenvalue weighted by Gasteiger charge is -2.23. The van der Waals surface area contributed by atoms with Crippen molar-refractivity contribution in [3.05, 3.63) is 84.9 Å². The number of amides is 1. The molecular weight excluding hydrogens is 414 g/mol. The Bertz CT molecular complexity index is 1220. The van der Waals surface area contributed by atoms with E-state index >= 15 is 0 Å². The molecule has 1 N–H and O–H groups in total. The molecule has 0 bridgehead atoms. The van der Waals surface area contributed by atoms with E-state index in [4.69, 9.17) is 4.74 Å². The third kappa shape index (κ3) is 5.93. The Morgan fingerprint density at radius 2 is 1.87 bits per heavy atom. The lowest BCUT2D eigenvalue weighted by Crippen LogP contribution is -2.39. The van der Waals surface area contributed by atoms with Crippen molar-refractivity contribution in [2.75, 3.05) is 23.7 Å². The van der Waals surface area contributed by atoms with Crippen LogP contribution in [0.2, 0.25) is 0 Å². The van der Waals surface area contributed by atoms with Crippen LogP contribution in [-0.4, -0.2) is 39.9 Å². The second-order valence-corrected chi connectivity index (χ2v) is 8.64. The fraction of sp³-hybridized carbons (Fsp3) is 0.130. The highest BCUT2D eigenvalue weighted by Gasteiger charge is 2.22. The van der Waals surface area contributed by atoms with Crippen LogP contribution in [0.3, 0.4) is 0 Å². The smallest absolute Gasteiger partial charge is 0.260 e. The van der Waals surface area contributed by atoms with Crippen molar-refractivity contribution in [1.29, 1.82) is 0 Å². The van der Waals surface area contributed by atoms with Gasteiger partial charge >= 0.3 is 0 Å². The summed E-state index contributed by atoms with van der Waals surface area (Å²) in [5.41, 5.74) is 3.54. The van der Waals surface area contributed by atoms with Crippen molar-refractivity contribution >= 4 is 38.6 Å². The average molecular weight is 438 g/mol. The van der Waals surface area contributed by atoms with Gasteiger partial charge in [-0.15, -0.1) is 0 Å². The van der Waals surface area contributed by atoms with Gasteiger partial charge in [-0.1, -0.05) is 61.2 Å². The largest absolute Gasteiger partial charge is 0.490 e. The Labute approximate surface area is 181 Å². The maximum atomic E-state index is 12.4. The monoisotopic (exact) mass is 437 g/mol. The van der Waals surface area contributed by atoms with Crippen LogP contribution in [0, 0.1) is 0 Å². The van der Waals surface area contributed by atoms with Gasteiger partial charge < -0.3 is 4.74 Å². The van der Waals surface area contributed by atoms with Crippen LogP contribution in [0.15, 0.2) is 84.5 Å². The van der Waals surface area contributed by atoms with Gasteiger partial charge in [-0.2, -0.15) is 5.10 Å². The van der Waals surface area contributed by atoms with Crippen molar-refractivity contribution in [1.82, 2.24) is 5.43 Å². The molecule has 31 heavy (non-hydrogen) atoms. The summed E-state index contributed by atoms with van der Waals surface area (Å²) in [6.45, 7) is 3.59. The highest BCUT2D eigenvalue weighted by atomic mass is 32.2. The molecule has 3 rings (SSSR count). The molecule has 0 unspecified atom stereocenters. The number of anilines is 1. The molecule has 1 amide bonds. The predicted octanol–water partition coefficient (Wildman–Crippen LogP) is 3.32. The molecule has 0 heterocycles. The van der Waals surface area contributed by atoms with Crippen LogP contribution in [0.5, 0.6) is 5.75 Å². The minimum Gasteiger partial charge on any atom is -0.490 e. The van der Waals surface area contributed by atoms with E-state index in [1.807, 2.05) is 30.3 Å². The molecule has 3 aromatic rings. The van der Waals surface area contributed by atoms with Gasteiger partial charge in [0.25, 0.3) is 5.91 Å². The van der Waals surface area contributed by atoms with Crippen LogP contribution in [0.4, 0.5) is 5.69 Å². The van der Waals surface area contributed by atoms with E-state index in [9.17, 15) is 13.2 Å². The second kappa shape index (κ2) is 9.90. The van der Waals surface area contributed by atoms with Crippen LogP contribution in [0.1, 0.15) is 5.56 Å². The fourth-order valence-electron chi connectivity index (χ4n) is 2.99. The first-order chi connectivity index (χ1) is 14.9. The Balaban J connectivity index is 1.74. The molecule has 0 radical (unpaired) electrons. The van der Waals surface area contributed by atoms with Crippen LogP contribution < -0.4 is 14.5 Å². The van der Waals surface area contributed by atoms with Gasteiger partial charge in [0.05, 0.1) is 18.2 Å².